The summed E-state index contributed by atoms with van der Waals surface area (Å²) in [5.41, 5.74) is 5.05. The summed E-state index contributed by atoms with van der Waals surface area (Å²) in [5.74, 6) is 0. The molecule has 1 atom stereocenters. The molecular formula is C11H17Cl2Zr. The molecule has 1 unspecified atom stereocenters. The van der Waals surface area contributed by atoms with E-state index in [4.69, 9.17) is 0 Å². The molecular weight excluding hydrogens is 294 g/mol. The van der Waals surface area contributed by atoms with Crippen molar-refractivity contribution in [1.82, 2.24) is 0 Å². The first kappa shape index (κ1) is 14.9. The second kappa shape index (κ2) is 5.33. The third kappa shape index (κ3) is 2.54. The van der Waals surface area contributed by atoms with E-state index in [9.17, 15) is 0 Å². The number of hydrogen-bond acceptors (Lipinski definition) is 0. The van der Waals surface area contributed by atoms with Crippen LogP contribution in [0.2, 0.25) is 3.12 Å². The van der Waals surface area contributed by atoms with Crippen molar-refractivity contribution in [2.45, 2.75) is 42.7 Å². The van der Waals surface area contributed by atoms with Gasteiger partial charge < -0.3 is 0 Å². The predicted molar refractivity (Wildman–Crippen MR) is 62.1 cm³/mol. The summed E-state index contributed by atoms with van der Waals surface area (Å²) in [4.78, 5) is 0. The fourth-order valence-corrected chi connectivity index (χ4v) is 3.73. The maximum atomic E-state index is 2.49. The van der Waals surface area contributed by atoms with Gasteiger partial charge in [-0.3, -0.25) is 0 Å². The molecule has 0 fully saturated rings. The maximum Gasteiger partial charge on any atom is -0.147 e. The van der Waals surface area contributed by atoms with Gasteiger partial charge in [-0.15, -0.1) is 24.8 Å². The van der Waals surface area contributed by atoms with E-state index in [1.54, 1.807) is 41.4 Å². The van der Waals surface area contributed by atoms with Crippen molar-refractivity contribution in [1.29, 1.82) is 0 Å². The van der Waals surface area contributed by atoms with Crippen molar-refractivity contribution < 1.29 is 24.7 Å². The molecule has 0 N–H and O–H groups in total. The Morgan fingerprint density at radius 2 is 1.79 bits per heavy atom. The number of rotatable bonds is 0. The molecule has 0 saturated heterocycles. The third-order valence-electron chi connectivity index (χ3n) is 3.08. The normalized spacial score (nSPS) is 29.9. The van der Waals surface area contributed by atoms with Gasteiger partial charge in [-0.25, -0.2) is 0 Å². The van der Waals surface area contributed by atoms with E-state index < -0.39 is 0 Å². The first-order valence-electron chi connectivity index (χ1n) is 4.78. The Hall–Kier alpha value is 0.943. The molecule has 0 bridgehead atoms. The summed E-state index contributed by atoms with van der Waals surface area (Å²) in [7, 11) is 0. The minimum absolute atomic E-state index is 0. The van der Waals surface area contributed by atoms with Crippen LogP contribution >= 0.6 is 24.8 Å². The fourth-order valence-electron chi connectivity index (χ4n) is 2.52. The van der Waals surface area contributed by atoms with E-state index in [1.165, 1.54) is 25.7 Å². The Balaban J connectivity index is 0.000000845. The second-order valence-corrected chi connectivity index (χ2v) is 6.75. The molecule has 0 heterocycles. The van der Waals surface area contributed by atoms with Crippen LogP contribution in [0.15, 0.2) is 22.8 Å². The average Bonchev–Trinajstić information content (AvgIpc) is 2.25. The molecule has 0 amide bonds. The Morgan fingerprint density at radius 1 is 1.21 bits per heavy atom. The minimum atomic E-state index is 0. The van der Waals surface area contributed by atoms with Crippen LogP contribution in [0.1, 0.15) is 39.5 Å². The molecule has 0 aromatic heterocycles. The van der Waals surface area contributed by atoms with Gasteiger partial charge in [0, 0.05) is 0 Å². The van der Waals surface area contributed by atoms with Gasteiger partial charge in [0.15, 0.2) is 0 Å². The van der Waals surface area contributed by atoms with Gasteiger partial charge in [0.2, 0.25) is 0 Å². The van der Waals surface area contributed by atoms with Crippen LogP contribution in [0.4, 0.5) is 0 Å². The molecule has 0 aromatic carbocycles. The van der Waals surface area contributed by atoms with E-state index in [0.29, 0.717) is 3.12 Å². The zero-order valence-corrected chi connectivity index (χ0v) is 12.8. The van der Waals surface area contributed by atoms with Gasteiger partial charge >= 0.3 is 90.2 Å². The van der Waals surface area contributed by atoms with Gasteiger partial charge in [-0.2, -0.15) is 0 Å². The first-order chi connectivity index (χ1) is 5.61. The molecule has 2 rings (SSSR count). The minimum Gasteiger partial charge on any atom is -0.147 e. The molecule has 0 aliphatic heterocycles. The molecule has 0 nitrogen and oxygen atoms in total. The summed E-state index contributed by atoms with van der Waals surface area (Å²) in [6.07, 6.45) is 8.04. The van der Waals surface area contributed by atoms with Gasteiger partial charge in [-0.05, 0) is 0 Å². The van der Waals surface area contributed by atoms with Crippen molar-refractivity contribution in [3.8, 4) is 0 Å². The molecule has 3 heteroatoms. The van der Waals surface area contributed by atoms with Crippen LogP contribution in [0.25, 0.3) is 0 Å². The van der Waals surface area contributed by atoms with Crippen molar-refractivity contribution in [2.75, 3.05) is 0 Å². The van der Waals surface area contributed by atoms with Crippen LogP contribution in [-0.4, -0.2) is 0 Å². The quantitative estimate of drug-likeness (QED) is 0.622. The molecule has 79 valence electrons. The average molecular weight is 311 g/mol. The second-order valence-electron chi connectivity index (χ2n) is 4.19. The summed E-state index contributed by atoms with van der Waals surface area (Å²) < 4.78 is 0.465. The van der Waals surface area contributed by atoms with E-state index in [1.807, 2.05) is 0 Å². The Morgan fingerprint density at radius 3 is 2.36 bits per heavy atom. The Labute approximate surface area is 114 Å². The smallest absolute Gasteiger partial charge is 0.147 e. The molecule has 0 spiro atoms. The topological polar surface area (TPSA) is 0 Å². The fraction of sp³-hybridized carbons (Fsp3) is 0.636. The van der Waals surface area contributed by atoms with Crippen LogP contribution < -0.4 is 0 Å². The first-order valence-corrected chi connectivity index (χ1v) is 6.01. The molecule has 2 aliphatic rings. The van der Waals surface area contributed by atoms with E-state index in [0.717, 1.165) is 0 Å². The summed E-state index contributed by atoms with van der Waals surface area (Å²) >= 11 is 1.66. The third-order valence-corrected chi connectivity index (χ3v) is 4.17. The van der Waals surface area contributed by atoms with Gasteiger partial charge in [0.1, 0.15) is 0 Å². The van der Waals surface area contributed by atoms with Gasteiger partial charge in [0.05, 0.1) is 0 Å². The van der Waals surface area contributed by atoms with Crippen molar-refractivity contribution in [3.63, 3.8) is 0 Å². The largest absolute Gasteiger partial charge is 0.147 e. The van der Waals surface area contributed by atoms with Crippen molar-refractivity contribution in [3.05, 3.63) is 22.8 Å². The van der Waals surface area contributed by atoms with E-state index in [-0.39, 0.29) is 24.8 Å². The monoisotopic (exact) mass is 309 g/mol. The van der Waals surface area contributed by atoms with Gasteiger partial charge in [-0.1, -0.05) is 0 Å². The van der Waals surface area contributed by atoms with Crippen molar-refractivity contribution in [2.24, 2.45) is 0 Å². The number of hydrogen-bond donors (Lipinski definition) is 0. The molecule has 0 radical (unpaired) electrons. The summed E-state index contributed by atoms with van der Waals surface area (Å²) in [6.45, 7) is 4.68. The van der Waals surface area contributed by atoms with Gasteiger partial charge in [0.25, 0.3) is 0 Å². The Bertz CT molecular complexity index is 277. The zero-order chi connectivity index (χ0) is 8.77. The predicted octanol–water partition coefficient (Wildman–Crippen LogP) is 4.39. The maximum absolute atomic E-state index is 2.49. The SMILES string of the molecule is CC1=C[C](C)([Zr])C2=C1CCCC2.Cl.Cl. The molecule has 0 aromatic rings. The van der Waals surface area contributed by atoms with Crippen LogP contribution in [0.5, 0.6) is 0 Å². The Kier molecular flexibility index (Phi) is 5.68. The molecule has 2 aliphatic carbocycles. The van der Waals surface area contributed by atoms with Crippen molar-refractivity contribution >= 4 is 24.8 Å². The van der Waals surface area contributed by atoms with Crippen LogP contribution in [0, 0.1) is 0 Å². The summed E-state index contributed by atoms with van der Waals surface area (Å²) in [5, 5.41) is 0. The van der Waals surface area contributed by atoms with Crippen LogP contribution in [-0.2, 0) is 24.7 Å². The van der Waals surface area contributed by atoms with E-state index >= 15 is 0 Å². The van der Waals surface area contributed by atoms with Crippen LogP contribution in [0.3, 0.4) is 0 Å². The summed E-state index contributed by atoms with van der Waals surface area (Å²) in [6, 6.07) is 0. The number of halogens is 2. The molecule has 14 heavy (non-hydrogen) atoms. The molecule has 0 saturated carbocycles. The zero-order valence-electron chi connectivity index (χ0n) is 8.72. The number of allylic oxidation sites excluding steroid dienone is 4. The standard InChI is InChI=1S/C11H15.2ClH.Zr/c1-8-7-9(2)11-6-4-3-5-10(8)11;;;/h7H,3-6H2,1-2H3;2*1H;. The van der Waals surface area contributed by atoms with E-state index in [2.05, 4.69) is 19.9 Å².